The molecule has 0 radical (unpaired) electrons. The predicted octanol–water partition coefficient (Wildman–Crippen LogP) is 0.707. The van der Waals surface area contributed by atoms with Crippen LogP contribution in [0.3, 0.4) is 0 Å². The molecular formula is C8H8ClN3O. The van der Waals surface area contributed by atoms with Gasteiger partial charge in [0.25, 0.3) is 0 Å². The summed E-state index contributed by atoms with van der Waals surface area (Å²) < 4.78 is 2.56. The second kappa shape index (κ2) is 2.53. The molecule has 0 bridgehead atoms. The van der Waals surface area contributed by atoms with Crippen molar-refractivity contribution in [3.05, 3.63) is 33.7 Å². The molecule has 0 amide bonds. The molecule has 1 heterocycles. The molecule has 0 unspecified atom stereocenters. The third-order valence-electron chi connectivity index (χ3n) is 2.05. The summed E-state index contributed by atoms with van der Waals surface area (Å²) in [6.07, 6.45) is 0. The van der Waals surface area contributed by atoms with E-state index in [2.05, 4.69) is 0 Å². The van der Waals surface area contributed by atoms with E-state index in [1.807, 2.05) is 0 Å². The van der Waals surface area contributed by atoms with Crippen LogP contribution in [0.5, 0.6) is 0 Å². The van der Waals surface area contributed by atoms with E-state index in [0.717, 1.165) is 10.2 Å². The first kappa shape index (κ1) is 8.19. The predicted molar refractivity (Wildman–Crippen MR) is 52.3 cm³/mol. The lowest BCUT2D eigenvalue weighted by atomic mass is 10.3. The van der Waals surface area contributed by atoms with Crippen molar-refractivity contribution >= 4 is 22.6 Å². The van der Waals surface area contributed by atoms with Gasteiger partial charge in [-0.15, -0.1) is 0 Å². The number of nitrogen functional groups attached to an aromatic ring is 1. The average molecular weight is 198 g/mol. The van der Waals surface area contributed by atoms with Gasteiger partial charge in [0.1, 0.15) is 0 Å². The van der Waals surface area contributed by atoms with Gasteiger partial charge in [0.2, 0.25) is 0 Å². The van der Waals surface area contributed by atoms with Crippen LogP contribution in [0.4, 0.5) is 0 Å². The second-order valence-corrected chi connectivity index (χ2v) is 3.28. The van der Waals surface area contributed by atoms with E-state index in [9.17, 15) is 4.79 Å². The smallest absolute Gasteiger partial charge is 0.335 e. The van der Waals surface area contributed by atoms with E-state index in [4.69, 9.17) is 17.4 Å². The Labute approximate surface area is 79.1 Å². The Kier molecular flexibility index (Phi) is 1.60. The number of hydrogen-bond donors (Lipinski definition) is 1. The number of halogens is 1. The van der Waals surface area contributed by atoms with Crippen molar-refractivity contribution in [3.8, 4) is 0 Å². The number of imidazole rings is 1. The van der Waals surface area contributed by atoms with Crippen molar-refractivity contribution in [2.45, 2.75) is 0 Å². The summed E-state index contributed by atoms with van der Waals surface area (Å²) >= 11 is 5.77. The van der Waals surface area contributed by atoms with Crippen LogP contribution in [0.15, 0.2) is 23.0 Å². The van der Waals surface area contributed by atoms with Crippen molar-refractivity contribution in [1.82, 2.24) is 9.24 Å². The molecule has 0 aliphatic rings. The van der Waals surface area contributed by atoms with E-state index in [-0.39, 0.29) is 5.69 Å². The van der Waals surface area contributed by atoms with Gasteiger partial charge in [-0.1, -0.05) is 11.6 Å². The normalized spacial score (nSPS) is 10.9. The summed E-state index contributed by atoms with van der Waals surface area (Å²) in [6, 6.07) is 5.16. The summed E-state index contributed by atoms with van der Waals surface area (Å²) in [6.45, 7) is 0. The van der Waals surface area contributed by atoms with Crippen molar-refractivity contribution < 1.29 is 0 Å². The van der Waals surface area contributed by atoms with Crippen LogP contribution in [0.2, 0.25) is 5.02 Å². The van der Waals surface area contributed by atoms with Gasteiger partial charge < -0.3 is 5.84 Å². The Morgan fingerprint density at radius 3 is 2.77 bits per heavy atom. The van der Waals surface area contributed by atoms with Crippen molar-refractivity contribution in [2.75, 3.05) is 5.84 Å². The lowest BCUT2D eigenvalue weighted by Crippen LogP contribution is -2.27. The monoisotopic (exact) mass is 197 g/mol. The van der Waals surface area contributed by atoms with Crippen molar-refractivity contribution in [1.29, 1.82) is 0 Å². The van der Waals surface area contributed by atoms with Gasteiger partial charge in [-0.05, 0) is 18.2 Å². The molecule has 0 fully saturated rings. The average Bonchev–Trinajstić information content (AvgIpc) is 2.32. The van der Waals surface area contributed by atoms with Crippen LogP contribution in [-0.4, -0.2) is 9.24 Å². The molecule has 0 atom stereocenters. The highest BCUT2D eigenvalue weighted by Crippen LogP contribution is 2.16. The molecular weight excluding hydrogens is 190 g/mol. The van der Waals surface area contributed by atoms with Gasteiger partial charge in [0.05, 0.1) is 11.0 Å². The minimum Gasteiger partial charge on any atom is -0.335 e. The zero-order chi connectivity index (χ0) is 9.59. The van der Waals surface area contributed by atoms with Crippen LogP contribution in [0.1, 0.15) is 0 Å². The molecule has 0 aliphatic heterocycles. The van der Waals surface area contributed by atoms with Gasteiger partial charge in [-0.3, -0.25) is 4.57 Å². The maximum absolute atomic E-state index is 11.4. The quantitative estimate of drug-likeness (QED) is 0.633. The lowest BCUT2D eigenvalue weighted by Gasteiger charge is -1.94. The number of nitrogens with two attached hydrogens (primary N) is 1. The summed E-state index contributed by atoms with van der Waals surface area (Å²) in [7, 11) is 1.67. The Balaban J connectivity index is 3.04. The standard InChI is InChI=1S/C8H8ClN3O/c1-11-6-3-2-5(9)4-7(6)12(10)8(11)13/h2-4H,10H2,1H3. The number of rotatable bonds is 0. The Morgan fingerprint density at radius 2 is 2.08 bits per heavy atom. The van der Waals surface area contributed by atoms with Crippen LogP contribution in [0.25, 0.3) is 11.0 Å². The molecule has 1 aromatic heterocycles. The summed E-state index contributed by atoms with van der Waals surface area (Å²) in [5.41, 5.74) is 1.16. The molecule has 0 aliphatic carbocycles. The van der Waals surface area contributed by atoms with Crippen molar-refractivity contribution in [2.24, 2.45) is 7.05 Å². The van der Waals surface area contributed by atoms with E-state index in [1.54, 1.807) is 25.2 Å². The zero-order valence-electron chi connectivity index (χ0n) is 6.99. The van der Waals surface area contributed by atoms with Crippen molar-refractivity contribution in [3.63, 3.8) is 0 Å². The summed E-state index contributed by atoms with van der Waals surface area (Å²) in [5, 5.41) is 0.567. The van der Waals surface area contributed by atoms with Gasteiger partial charge in [-0.25, -0.2) is 9.47 Å². The van der Waals surface area contributed by atoms with Crippen LogP contribution in [-0.2, 0) is 7.05 Å². The van der Waals surface area contributed by atoms with E-state index in [0.29, 0.717) is 10.5 Å². The first-order valence-corrected chi connectivity index (χ1v) is 4.11. The zero-order valence-corrected chi connectivity index (χ0v) is 7.75. The molecule has 0 spiro atoms. The molecule has 0 saturated heterocycles. The third-order valence-corrected chi connectivity index (χ3v) is 2.29. The fourth-order valence-corrected chi connectivity index (χ4v) is 1.51. The molecule has 5 heteroatoms. The number of benzene rings is 1. The maximum Gasteiger partial charge on any atom is 0.347 e. The molecule has 0 saturated carbocycles. The molecule has 4 nitrogen and oxygen atoms in total. The SMILES string of the molecule is Cn1c(=O)n(N)c2cc(Cl)ccc21. The maximum atomic E-state index is 11.4. The molecule has 68 valence electrons. The Hall–Kier alpha value is -1.42. The number of hydrogen-bond acceptors (Lipinski definition) is 2. The van der Waals surface area contributed by atoms with E-state index < -0.39 is 0 Å². The first-order valence-electron chi connectivity index (χ1n) is 3.73. The number of fused-ring (bicyclic) bond motifs is 1. The number of aromatic nitrogens is 2. The highest BCUT2D eigenvalue weighted by molar-refractivity contribution is 6.31. The summed E-state index contributed by atoms with van der Waals surface area (Å²) in [4.78, 5) is 11.4. The largest absolute Gasteiger partial charge is 0.347 e. The first-order chi connectivity index (χ1) is 6.11. The minimum absolute atomic E-state index is 0.253. The molecule has 13 heavy (non-hydrogen) atoms. The summed E-state index contributed by atoms with van der Waals surface area (Å²) in [5.74, 6) is 5.53. The second-order valence-electron chi connectivity index (χ2n) is 2.84. The highest BCUT2D eigenvalue weighted by Gasteiger charge is 2.07. The Bertz CT molecular complexity index is 526. The van der Waals surface area contributed by atoms with Crippen LogP contribution >= 0.6 is 11.6 Å². The minimum atomic E-state index is -0.253. The van der Waals surface area contributed by atoms with Crippen LogP contribution < -0.4 is 11.5 Å². The number of nitrogens with zero attached hydrogens (tertiary/aromatic N) is 2. The fourth-order valence-electron chi connectivity index (χ4n) is 1.34. The van der Waals surface area contributed by atoms with E-state index >= 15 is 0 Å². The van der Waals surface area contributed by atoms with Gasteiger partial charge in [0.15, 0.2) is 0 Å². The number of aryl methyl sites for hydroxylation is 1. The third kappa shape index (κ3) is 1.02. The van der Waals surface area contributed by atoms with E-state index in [1.165, 1.54) is 4.57 Å². The van der Waals surface area contributed by atoms with Gasteiger partial charge in [0, 0.05) is 12.1 Å². The molecule has 2 aromatic rings. The van der Waals surface area contributed by atoms with Gasteiger partial charge >= 0.3 is 5.69 Å². The lowest BCUT2D eigenvalue weighted by molar-refractivity contribution is 0.827. The fraction of sp³-hybridized carbons (Fsp3) is 0.125. The van der Waals surface area contributed by atoms with Gasteiger partial charge in [-0.2, -0.15) is 0 Å². The Morgan fingerprint density at radius 1 is 1.38 bits per heavy atom. The topological polar surface area (TPSA) is 53.0 Å². The van der Waals surface area contributed by atoms with Crippen LogP contribution in [0, 0.1) is 0 Å². The highest BCUT2D eigenvalue weighted by atomic mass is 35.5. The molecule has 2 rings (SSSR count). The molecule has 1 aromatic carbocycles. The molecule has 2 N–H and O–H groups in total.